The molecular weight excluding hydrogens is 198 g/mol. The lowest BCUT2D eigenvalue weighted by molar-refractivity contribution is 0.553. The Kier molecular flexibility index (Phi) is 2.16. The van der Waals surface area contributed by atoms with Gasteiger partial charge in [0.1, 0.15) is 5.76 Å². The van der Waals surface area contributed by atoms with Crippen LogP contribution in [-0.4, -0.2) is 0 Å². The first-order valence-electron chi connectivity index (χ1n) is 4.60. The van der Waals surface area contributed by atoms with Crippen LogP contribution in [0.25, 0.3) is 11.0 Å². The zero-order valence-corrected chi connectivity index (χ0v) is 8.98. The maximum absolute atomic E-state index is 6.03. The molecule has 0 amide bonds. The molecule has 0 aliphatic heterocycles. The van der Waals surface area contributed by atoms with Gasteiger partial charge < -0.3 is 10.2 Å². The van der Waals surface area contributed by atoms with E-state index in [1.54, 1.807) is 6.07 Å². The van der Waals surface area contributed by atoms with Crippen LogP contribution in [-0.2, 0) is 6.42 Å². The molecule has 74 valence electrons. The predicted octanol–water partition coefficient (Wildman–Crippen LogP) is 3.54. The van der Waals surface area contributed by atoms with Crippen LogP contribution in [0.5, 0.6) is 0 Å². The highest BCUT2D eigenvalue weighted by molar-refractivity contribution is 6.35. The van der Waals surface area contributed by atoms with Crippen molar-refractivity contribution in [3.63, 3.8) is 0 Å². The molecule has 0 aliphatic carbocycles. The van der Waals surface area contributed by atoms with Gasteiger partial charge in [-0.3, -0.25) is 0 Å². The number of hydrogen-bond acceptors (Lipinski definition) is 2. The summed E-state index contributed by atoms with van der Waals surface area (Å²) in [4.78, 5) is 0. The molecule has 2 N–H and O–H groups in total. The lowest BCUT2D eigenvalue weighted by Crippen LogP contribution is -1.84. The van der Waals surface area contributed by atoms with Crippen molar-refractivity contribution in [3.05, 3.63) is 28.5 Å². The third-order valence-corrected chi connectivity index (χ3v) is 2.72. The molecule has 1 heterocycles. The largest absolute Gasteiger partial charge is 0.459 e. The van der Waals surface area contributed by atoms with Crippen molar-refractivity contribution >= 4 is 28.3 Å². The number of halogens is 1. The maximum atomic E-state index is 6.03. The van der Waals surface area contributed by atoms with Gasteiger partial charge in [-0.05, 0) is 24.6 Å². The summed E-state index contributed by atoms with van der Waals surface area (Å²) in [7, 11) is 0. The summed E-state index contributed by atoms with van der Waals surface area (Å²) < 4.78 is 5.65. The molecular formula is C11H12ClNO. The standard InChI is InChI=1S/C11H12ClNO/c1-3-10-6(2)8-4-7(13)5-9(12)11(8)14-10/h4-5H,3,13H2,1-2H3. The minimum absolute atomic E-state index is 0.586. The van der Waals surface area contributed by atoms with Crippen LogP contribution >= 0.6 is 11.6 Å². The highest BCUT2D eigenvalue weighted by Gasteiger charge is 2.12. The molecule has 0 fully saturated rings. The minimum atomic E-state index is 0.586. The number of rotatable bonds is 1. The van der Waals surface area contributed by atoms with Crippen LogP contribution in [0.15, 0.2) is 16.5 Å². The Balaban J connectivity index is 2.85. The molecule has 0 spiro atoms. The first-order chi connectivity index (χ1) is 6.63. The first-order valence-corrected chi connectivity index (χ1v) is 4.98. The number of hydrogen-bond donors (Lipinski definition) is 1. The number of fused-ring (bicyclic) bond motifs is 1. The van der Waals surface area contributed by atoms with Gasteiger partial charge in [0.2, 0.25) is 0 Å². The number of furan rings is 1. The molecule has 14 heavy (non-hydrogen) atoms. The van der Waals surface area contributed by atoms with Gasteiger partial charge in [0.25, 0.3) is 0 Å². The summed E-state index contributed by atoms with van der Waals surface area (Å²) in [5, 5.41) is 1.61. The average molecular weight is 210 g/mol. The topological polar surface area (TPSA) is 39.2 Å². The maximum Gasteiger partial charge on any atom is 0.153 e. The van der Waals surface area contributed by atoms with Gasteiger partial charge in [-0.1, -0.05) is 18.5 Å². The van der Waals surface area contributed by atoms with E-state index in [4.69, 9.17) is 21.8 Å². The van der Waals surface area contributed by atoms with Crippen LogP contribution in [0.3, 0.4) is 0 Å². The van der Waals surface area contributed by atoms with E-state index in [9.17, 15) is 0 Å². The second-order valence-corrected chi connectivity index (χ2v) is 3.79. The first kappa shape index (κ1) is 9.41. The van der Waals surface area contributed by atoms with Crippen LogP contribution in [0, 0.1) is 6.92 Å². The van der Waals surface area contributed by atoms with Gasteiger partial charge in [0, 0.05) is 17.5 Å². The Morgan fingerprint density at radius 2 is 2.14 bits per heavy atom. The summed E-state index contributed by atoms with van der Waals surface area (Å²) in [6.45, 7) is 4.09. The third kappa shape index (κ3) is 1.26. The Hall–Kier alpha value is -1.15. The molecule has 0 saturated heterocycles. The monoisotopic (exact) mass is 209 g/mol. The molecule has 0 radical (unpaired) electrons. The Morgan fingerprint density at radius 1 is 1.43 bits per heavy atom. The quantitative estimate of drug-likeness (QED) is 0.730. The van der Waals surface area contributed by atoms with Gasteiger partial charge in [0.05, 0.1) is 5.02 Å². The van der Waals surface area contributed by atoms with E-state index in [0.29, 0.717) is 10.7 Å². The number of anilines is 1. The summed E-state index contributed by atoms with van der Waals surface area (Å²) >= 11 is 6.03. The second-order valence-electron chi connectivity index (χ2n) is 3.38. The molecule has 0 atom stereocenters. The van der Waals surface area contributed by atoms with Crippen molar-refractivity contribution < 1.29 is 4.42 Å². The Bertz CT molecular complexity index is 487. The van der Waals surface area contributed by atoms with Crippen molar-refractivity contribution in [3.8, 4) is 0 Å². The molecule has 1 aromatic carbocycles. The highest BCUT2D eigenvalue weighted by atomic mass is 35.5. The Morgan fingerprint density at radius 3 is 2.79 bits per heavy atom. The number of benzene rings is 1. The van der Waals surface area contributed by atoms with Gasteiger partial charge in [-0.2, -0.15) is 0 Å². The second kappa shape index (κ2) is 3.21. The summed E-state index contributed by atoms with van der Waals surface area (Å²) in [5.41, 5.74) is 8.27. The van der Waals surface area contributed by atoms with E-state index in [2.05, 4.69) is 6.92 Å². The van der Waals surface area contributed by atoms with Crippen molar-refractivity contribution in [1.29, 1.82) is 0 Å². The van der Waals surface area contributed by atoms with Crippen LogP contribution in [0.4, 0.5) is 5.69 Å². The molecule has 0 unspecified atom stereocenters. The highest BCUT2D eigenvalue weighted by Crippen LogP contribution is 2.33. The third-order valence-electron chi connectivity index (χ3n) is 2.43. The molecule has 2 rings (SSSR count). The van der Waals surface area contributed by atoms with Crippen LogP contribution in [0.2, 0.25) is 5.02 Å². The fourth-order valence-electron chi connectivity index (χ4n) is 1.68. The number of nitrogens with two attached hydrogens (primary N) is 1. The van der Waals surface area contributed by atoms with Gasteiger partial charge >= 0.3 is 0 Å². The minimum Gasteiger partial charge on any atom is -0.459 e. The lowest BCUT2D eigenvalue weighted by Gasteiger charge is -1.95. The van der Waals surface area contributed by atoms with Crippen LogP contribution in [0.1, 0.15) is 18.2 Å². The smallest absolute Gasteiger partial charge is 0.153 e. The van der Waals surface area contributed by atoms with Crippen molar-refractivity contribution in [1.82, 2.24) is 0 Å². The predicted molar refractivity (Wildman–Crippen MR) is 59.8 cm³/mol. The molecule has 3 heteroatoms. The number of aryl methyl sites for hydroxylation is 2. The summed E-state index contributed by atoms with van der Waals surface area (Å²) in [6, 6.07) is 3.62. The Labute approximate surface area is 87.6 Å². The van der Waals surface area contributed by atoms with E-state index >= 15 is 0 Å². The molecule has 2 nitrogen and oxygen atoms in total. The molecule has 2 aromatic rings. The van der Waals surface area contributed by atoms with E-state index < -0.39 is 0 Å². The average Bonchev–Trinajstić information content (AvgIpc) is 2.44. The number of nitrogen functional groups attached to an aromatic ring is 1. The van der Waals surface area contributed by atoms with Crippen LogP contribution < -0.4 is 5.73 Å². The van der Waals surface area contributed by atoms with E-state index in [-0.39, 0.29) is 0 Å². The van der Waals surface area contributed by atoms with E-state index in [1.165, 1.54) is 0 Å². The van der Waals surface area contributed by atoms with Gasteiger partial charge in [-0.15, -0.1) is 0 Å². The van der Waals surface area contributed by atoms with E-state index in [1.807, 2.05) is 13.0 Å². The normalized spacial score (nSPS) is 11.1. The summed E-state index contributed by atoms with van der Waals surface area (Å²) in [5.74, 6) is 0.979. The molecule has 0 aliphatic rings. The SMILES string of the molecule is CCc1oc2c(Cl)cc(N)cc2c1C. The fourth-order valence-corrected chi connectivity index (χ4v) is 1.95. The zero-order valence-electron chi connectivity index (χ0n) is 8.23. The van der Waals surface area contributed by atoms with Gasteiger partial charge in [0.15, 0.2) is 5.58 Å². The molecule has 0 saturated carbocycles. The fraction of sp³-hybridized carbons (Fsp3) is 0.273. The van der Waals surface area contributed by atoms with Crippen molar-refractivity contribution in [2.24, 2.45) is 0 Å². The summed E-state index contributed by atoms with van der Waals surface area (Å²) in [6.07, 6.45) is 0.872. The lowest BCUT2D eigenvalue weighted by atomic mass is 10.1. The molecule has 0 bridgehead atoms. The van der Waals surface area contributed by atoms with Crippen molar-refractivity contribution in [2.45, 2.75) is 20.3 Å². The van der Waals surface area contributed by atoms with E-state index in [0.717, 1.165) is 28.7 Å². The zero-order chi connectivity index (χ0) is 10.3. The van der Waals surface area contributed by atoms with Gasteiger partial charge in [-0.25, -0.2) is 0 Å². The molecule has 1 aromatic heterocycles. The van der Waals surface area contributed by atoms with Crippen molar-refractivity contribution in [2.75, 3.05) is 5.73 Å².